The summed E-state index contributed by atoms with van der Waals surface area (Å²) in [5.74, 6) is -0.0638. The summed E-state index contributed by atoms with van der Waals surface area (Å²) in [5, 5.41) is 11.9. The van der Waals surface area contributed by atoms with Crippen molar-refractivity contribution in [3.8, 4) is 6.07 Å². The highest BCUT2D eigenvalue weighted by molar-refractivity contribution is 5.86. The van der Waals surface area contributed by atoms with Gasteiger partial charge in [0.15, 0.2) is 0 Å². The first-order valence-corrected chi connectivity index (χ1v) is 6.15. The number of nitrogens with two attached hydrogens (primary N) is 1. The molecule has 0 saturated heterocycles. The van der Waals surface area contributed by atoms with Gasteiger partial charge in [-0.05, 0) is 32.1 Å². The highest BCUT2D eigenvalue weighted by Crippen LogP contribution is 2.29. The van der Waals surface area contributed by atoms with Crippen molar-refractivity contribution in [1.82, 2.24) is 5.32 Å². The van der Waals surface area contributed by atoms with Crippen molar-refractivity contribution in [2.24, 2.45) is 11.7 Å². The Bertz CT molecular complexity index is 315. The first-order chi connectivity index (χ1) is 7.65. The van der Waals surface area contributed by atoms with Crippen molar-refractivity contribution in [3.63, 3.8) is 0 Å². The van der Waals surface area contributed by atoms with Crippen molar-refractivity contribution >= 4 is 5.91 Å². The lowest BCUT2D eigenvalue weighted by atomic mass is 9.96. The molecule has 0 spiro atoms. The van der Waals surface area contributed by atoms with Crippen molar-refractivity contribution < 1.29 is 4.79 Å². The van der Waals surface area contributed by atoms with Gasteiger partial charge in [0.25, 0.3) is 0 Å². The van der Waals surface area contributed by atoms with E-state index in [9.17, 15) is 4.79 Å². The Morgan fingerprint density at radius 2 is 2.00 bits per heavy atom. The van der Waals surface area contributed by atoms with E-state index in [-0.39, 0.29) is 17.9 Å². The number of nitrogens with one attached hydrogen (secondary N) is 1. The molecule has 0 aliphatic heterocycles. The Morgan fingerprint density at radius 1 is 1.31 bits per heavy atom. The fourth-order valence-electron chi connectivity index (χ4n) is 2.83. The molecule has 2 aliphatic carbocycles. The van der Waals surface area contributed by atoms with E-state index in [0.29, 0.717) is 0 Å². The van der Waals surface area contributed by atoms with Gasteiger partial charge < -0.3 is 11.1 Å². The molecule has 2 fully saturated rings. The van der Waals surface area contributed by atoms with Crippen LogP contribution < -0.4 is 11.1 Å². The Hall–Kier alpha value is -1.08. The minimum atomic E-state index is -0.664. The van der Waals surface area contributed by atoms with Crippen molar-refractivity contribution in [2.45, 2.75) is 56.5 Å². The third kappa shape index (κ3) is 2.05. The summed E-state index contributed by atoms with van der Waals surface area (Å²) in [4.78, 5) is 12.0. The Balaban J connectivity index is 1.94. The molecule has 4 nitrogen and oxygen atoms in total. The van der Waals surface area contributed by atoms with Crippen LogP contribution >= 0.6 is 0 Å². The quantitative estimate of drug-likeness (QED) is 0.732. The number of nitrogens with zero attached hydrogens (tertiary/aromatic N) is 1. The van der Waals surface area contributed by atoms with Crippen LogP contribution in [0.15, 0.2) is 0 Å². The monoisotopic (exact) mass is 221 g/mol. The van der Waals surface area contributed by atoms with Gasteiger partial charge in [-0.2, -0.15) is 5.26 Å². The van der Waals surface area contributed by atoms with Crippen LogP contribution in [0.3, 0.4) is 0 Å². The number of nitriles is 1. The minimum Gasteiger partial charge on any atom is -0.350 e. The molecule has 3 N–H and O–H groups in total. The van der Waals surface area contributed by atoms with Crippen molar-refractivity contribution in [3.05, 3.63) is 0 Å². The van der Waals surface area contributed by atoms with Crippen LogP contribution in [-0.4, -0.2) is 17.5 Å². The van der Waals surface area contributed by atoms with E-state index in [1.165, 1.54) is 0 Å². The predicted octanol–water partition coefficient (Wildman–Crippen LogP) is 1.07. The van der Waals surface area contributed by atoms with E-state index >= 15 is 0 Å². The van der Waals surface area contributed by atoms with Crippen LogP contribution in [0, 0.1) is 17.2 Å². The van der Waals surface area contributed by atoms with Crippen LogP contribution in [0.4, 0.5) is 0 Å². The normalized spacial score (nSPS) is 32.2. The SMILES string of the molecule is N#CC1CCCC1NC(=O)C1(N)CCCC1. The maximum absolute atomic E-state index is 12.0. The van der Waals surface area contributed by atoms with Gasteiger partial charge in [-0.25, -0.2) is 0 Å². The molecule has 0 aromatic heterocycles. The number of rotatable bonds is 2. The summed E-state index contributed by atoms with van der Waals surface area (Å²) < 4.78 is 0. The molecule has 2 aliphatic rings. The van der Waals surface area contributed by atoms with Crippen LogP contribution in [0.1, 0.15) is 44.9 Å². The lowest BCUT2D eigenvalue weighted by Gasteiger charge is -2.25. The van der Waals surface area contributed by atoms with Crippen LogP contribution in [0.25, 0.3) is 0 Å². The Labute approximate surface area is 96.2 Å². The van der Waals surface area contributed by atoms with Gasteiger partial charge in [-0.3, -0.25) is 4.79 Å². The standard InChI is InChI=1S/C12H19N3O/c13-8-9-4-3-5-10(9)15-11(16)12(14)6-1-2-7-12/h9-10H,1-7,14H2,(H,15,16). The van der Waals surface area contributed by atoms with Gasteiger partial charge in [-0.15, -0.1) is 0 Å². The molecule has 2 atom stereocenters. The number of amides is 1. The molecule has 4 heteroatoms. The van der Waals surface area contributed by atoms with Gasteiger partial charge in [-0.1, -0.05) is 12.8 Å². The maximum atomic E-state index is 12.0. The summed E-state index contributed by atoms with van der Waals surface area (Å²) in [6.07, 6.45) is 6.48. The van der Waals surface area contributed by atoms with E-state index < -0.39 is 5.54 Å². The zero-order valence-electron chi connectivity index (χ0n) is 9.54. The smallest absolute Gasteiger partial charge is 0.240 e. The first kappa shape index (κ1) is 11.4. The van der Waals surface area contributed by atoms with Gasteiger partial charge in [0.05, 0.1) is 17.5 Å². The molecule has 0 bridgehead atoms. The Morgan fingerprint density at radius 3 is 2.62 bits per heavy atom. The molecule has 0 aromatic rings. The van der Waals surface area contributed by atoms with E-state index in [0.717, 1.165) is 44.9 Å². The Kier molecular flexibility index (Phi) is 3.15. The largest absolute Gasteiger partial charge is 0.350 e. The molecule has 2 rings (SSSR count). The van der Waals surface area contributed by atoms with Gasteiger partial charge in [0, 0.05) is 6.04 Å². The van der Waals surface area contributed by atoms with Gasteiger partial charge in [0.2, 0.25) is 5.91 Å². The van der Waals surface area contributed by atoms with Gasteiger partial charge >= 0.3 is 0 Å². The summed E-state index contributed by atoms with van der Waals surface area (Å²) in [5.41, 5.74) is 5.41. The number of hydrogen-bond donors (Lipinski definition) is 2. The number of carbonyl (C=O) groups is 1. The summed E-state index contributed by atoms with van der Waals surface area (Å²) in [6.45, 7) is 0. The first-order valence-electron chi connectivity index (χ1n) is 6.15. The van der Waals surface area contributed by atoms with Crippen molar-refractivity contribution in [2.75, 3.05) is 0 Å². The zero-order chi connectivity index (χ0) is 11.6. The van der Waals surface area contributed by atoms with E-state index in [2.05, 4.69) is 11.4 Å². The van der Waals surface area contributed by atoms with Crippen LogP contribution in [0.2, 0.25) is 0 Å². The summed E-state index contributed by atoms with van der Waals surface area (Å²) >= 11 is 0. The molecule has 2 saturated carbocycles. The highest BCUT2D eigenvalue weighted by Gasteiger charge is 2.39. The fraction of sp³-hybridized carbons (Fsp3) is 0.833. The van der Waals surface area contributed by atoms with Crippen LogP contribution in [0.5, 0.6) is 0 Å². The topological polar surface area (TPSA) is 78.9 Å². The lowest BCUT2D eigenvalue weighted by Crippen LogP contribution is -2.55. The average molecular weight is 221 g/mol. The lowest BCUT2D eigenvalue weighted by molar-refractivity contribution is -0.127. The molecule has 16 heavy (non-hydrogen) atoms. The minimum absolute atomic E-state index is 0.0195. The predicted molar refractivity (Wildman–Crippen MR) is 60.3 cm³/mol. The molecule has 88 valence electrons. The third-order valence-corrected chi connectivity index (χ3v) is 3.95. The summed E-state index contributed by atoms with van der Waals surface area (Å²) in [6, 6.07) is 2.29. The maximum Gasteiger partial charge on any atom is 0.240 e. The second kappa shape index (κ2) is 4.42. The molecule has 0 radical (unpaired) electrons. The van der Waals surface area contributed by atoms with E-state index in [4.69, 9.17) is 11.0 Å². The molecule has 1 amide bonds. The molecular weight excluding hydrogens is 202 g/mol. The molecule has 0 aromatic carbocycles. The number of hydrogen-bond acceptors (Lipinski definition) is 3. The fourth-order valence-corrected chi connectivity index (χ4v) is 2.83. The average Bonchev–Trinajstić information content (AvgIpc) is 2.87. The second-order valence-corrected chi connectivity index (χ2v) is 5.11. The van der Waals surface area contributed by atoms with Gasteiger partial charge in [0.1, 0.15) is 0 Å². The summed E-state index contributed by atoms with van der Waals surface area (Å²) in [7, 11) is 0. The highest BCUT2D eigenvalue weighted by atomic mass is 16.2. The number of carbonyl (C=O) groups excluding carboxylic acids is 1. The van der Waals surface area contributed by atoms with Crippen molar-refractivity contribution in [1.29, 1.82) is 5.26 Å². The van der Waals surface area contributed by atoms with Crippen LogP contribution in [-0.2, 0) is 4.79 Å². The molecular formula is C12H19N3O. The zero-order valence-corrected chi connectivity index (χ0v) is 9.54. The van der Waals surface area contributed by atoms with E-state index in [1.54, 1.807) is 0 Å². The van der Waals surface area contributed by atoms with E-state index in [1.807, 2.05) is 0 Å². The molecule has 0 heterocycles. The second-order valence-electron chi connectivity index (χ2n) is 5.11. The molecule has 2 unspecified atom stereocenters. The third-order valence-electron chi connectivity index (χ3n) is 3.95.